The fourth-order valence-corrected chi connectivity index (χ4v) is 3.05. The molecule has 1 heteroatoms. The smallest absolute Gasteiger partial charge is 0.0920 e. The van der Waals surface area contributed by atoms with Gasteiger partial charge < -0.3 is 0 Å². The summed E-state index contributed by atoms with van der Waals surface area (Å²) in [5.41, 5.74) is 0. The molecule has 1 nitrogen and oxygen atoms in total. The number of unbranched alkanes of at least 4 members (excludes halogenated alkanes) is 8. The Morgan fingerprint density at radius 1 is 0.833 bits per heavy atom. The van der Waals surface area contributed by atoms with E-state index in [1.54, 1.807) is 0 Å². The summed E-state index contributed by atoms with van der Waals surface area (Å²) in [4.78, 5) is 0. The summed E-state index contributed by atoms with van der Waals surface area (Å²) < 4.78 is 1.26. The molecule has 0 bridgehead atoms. The average molecular weight is 252 g/mol. The largest absolute Gasteiger partial charge is 0.298 e. The normalized spacial score (nSPS) is 22.8. The molecule has 0 fully saturated rings. The maximum absolute atomic E-state index is 2.45. The van der Waals surface area contributed by atoms with Crippen LogP contribution in [0, 0.1) is 0 Å². The van der Waals surface area contributed by atoms with Gasteiger partial charge in [-0.2, -0.15) is 0 Å². The van der Waals surface area contributed by atoms with E-state index in [9.17, 15) is 0 Å². The first kappa shape index (κ1) is 15.8. The van der Waals surface area contributed by atoms with Gasteiger partial charge in [-0.3, -0.25) is 4.48 Å². The fourth-order valence-electron chi connectivity index (χ4n) is 3.05. The van der Waals surface area contributed by atoms with Gasteiger partial charge >= 0.3 is 0 Å². The number of quaternary nitrogens is 1. The molecule has 0 amide bonds. The number of nitrogens with zero attached hydrogens (tertiary/aromatic N) is 1. The van der Waals surface area contributed by atoms with Crippen LogP contribution in [-0.4, -0.2) is 24.1 Å². The Kier molecular flexibility index (Phi) is 8.41. The molecule has 0 N–H and O–H groups in total. The SMILES string of the molecule is CCCCCCCCCCC[N+]1(CC)C=CCC1. The van der Waals surface area contributed by atoms with E-state index in [2.05, 4.69) is 26.1 Å². The number of hydrogen-bond donors (Lipinski definition) is 0. The van der Waals surface area contributed by atoms with Gasteiger partial charge in [0.05, 0.1) is 25.8 Å². The highest BCUT2D eigenvalue weighted by Crippen LogP contribution is 2.19. The lowest BCUT2D eigenvalue weighted by Crippen LogP contribution is -2.41. The molecule has 1 aliphatic heterocycles. The van der Waals surface area contributed by atoms with Crippen LogP contribution in [0.2, 0.25) is 0 Å². The summed E-state index contributed by atoms with van der Waals surface area (Å²) >= 11 is 0. The van der Waals surface area contributed by atoms with E-state index >= 15 is 0 Å². The lowest BCUT2D eigenvalue weighted by molar-refractivity contribution is -0.872. The van der Waals surface area contributed by atoms with Gasteiger partial charge in [0.1, 0.15) is 0 Å². The molecule has 0 radical (unpaired) electrons. The van der Waals surface area contributed by atoms with Crippen molar-refractivity contribution in [1.29, 1.82) is 0 Å². The second kappa shape index (κ2) is 9.61. The van der Waals surface area contributed by atoms with Crippen LogP contribution in [0.4, 0.5) is 0 Å². The summed E-state index contributed by atoms with van der Waals surface area (Å²) in [7, 11) is 0. The second-order valence-corrected chi connectivity index (χ2v) is 5.98. The van der Waals surface area contributed by atoms with E-state index in [0.29, 0.717) is 0 Å². The monoisotopic (exact) mass is 252 g/mol. The summed E-state index contributed by atoms with van der Waals surface area (Å²) in [5.74, 6) is 0. The first-order valence-electron chi connectivity index (χ1n) is 8.36. The minimum Gasteiger partial charge on any atom is -0.298 e. The molecule has 0 aromatic heterocycles. The van der Waals surface area contributed by atoms with Gasteiger partial charge in [0.25, 0.3) is 0 Å². The van der Waals surface area contributed by atoms with Crippen LogP contribution < -0.4 is 0 Å². The Hall–Kier alpha value is -0.300. The highest BCUT2D eigenvalue weighted by atomic mass is 15.3. The fraction of sp³-hybridized carbons (Fsp3) is 0.882. The highest BCUT2D eigenvalue weighted by Gasteiger charge is 2.24. The molecule has 1 heterocycles. The molecule has 1 aliphatic rings. The van der Waals surface area contributed by atoms with Gasteiger partial charge in [0.2, 0.25) is 0 Å². The topological polar surface area (TPSA) is 0 Å². The zero-order chi connectivity index (χ0) is 13.1. The molecular weight excluding hydrogens is 218 g/mol. The van der Waals surface area contributed by atoms with Crippen molar-refractivity contribution in [3.05, 3.63) is 12.3 Å². The quantitative estimate of drug-likeness (QED) is 0.347. The van der Waals surface area contributed by atoms with Gasteiger partial charge in [0, 0.05) is 6.42 Å². The maximum Gasteiger partial charge on any atom is 0.0920 e. The predicted octanol–water partition coefficient (Wildman–Crippen LogP) is 5.27. The lowest BCUT2D eigenvalue weighted by atomic mass is 10.1. The van der Waals surface area contributed by atoms with E-state index < -0.39 is 0 Å². The van der Waals surface area contributed by atoms with Gasteiger partial charge in [-0.15, -0.1) is 0 Å². The van der Waals surface area contributed by atoms with E-state index in [0.717, 1.165) is 0 Å². The van der Waals surface area contributed by atoms with E-state index in [4.69, 9.17) is 0 Å². The van der Waals surface area contributed by atoms with Crippen LogP contribution in [-0.2, 0) is 0 Å². The van der Waals surface area contributed by atoms with Gasteiger partial charge in [-0.25, -0.2) is 0 Å². The van der Waals surface area contributed by atoms with Gasteiger partial charge in [-0.1, -0.05) is 51.9 Å². The van der Waals surface area contributed by atoms with Crippen molar-refractivity contribution in [3.8, 4) is 0 Å². The Morgan fingerprint density at radius 2 is 1.44 bits per heavy atom. The zero-order valence-electron chi connectivity index (χ0n) is 12.8. The third-order valence-electron chi connectivity index (χ3n) is 4.50. The Morgan fingerprint density at radius 3 is 1.94 bits per heavy atom. The molecule has 1 unspecified atom stereocenters. The van der Waals surface area contributed by atoms with Crippen LogP contribution >= 0.6 is 0 Å². The third kappa shape index (κ3) is 6.04. The van der Waals surface area contributed by atoms with Crippen molar-refractivity contribution in [2.45, 2.75) is 78.1 Å². The standard InChI is InChI=1S/C17H34N/c1-3-5-6-7-8-9-10-11-12-15-18(4-2)16-13-14-17-18/h13,16H,3-12,14-15,17H2,1-2H3/q+1. The Balaban J connectivity index is 1.90. The van der Waals surface area contributed by atoms with Gasteiger partial charge in [-0.05, 0) is 25.8 Å². The van der Waals surface area contributed by atoms with Gasteiger partial charge in [0.15, 0.2) is 0 Å². The van der Waals surface area contributed by atoms with Crippen LogP contribution in [0.5, 0.6) is 0 Å². The van der Waals surface area contributed by atoms with Crippen molar-refractivity contribution in [2.24, 2.45) is 0 Å². The van der Waals surface area contributed by atoms with Crippen LogP contribution in [0.15, 0.2) is 12.3 Å². The first-order valence-corrected chi connectivity index (χ1v) is 8.36. The predicted molar refractivity (Wildman–Crippen MR) is 81.5 cm³/mol. The molecule has 1 rings (SSSR count). The van der Waals surface area contributed by atoms with Crippen molar-refractivity contribution in [1.82, 2.24) is 0 Å². The number of rotatable bonds is 11. The Bertz CT molecular complexity index is 222. The summed E-state index contributed by atoms with van der Waals surface area (Å²) in [6.07, 6.45) is 19.1. The van der Waals surface area contributed by atoms with E-state index in [1.165, 1.54) is 88.3 Å². The van der Waals surface area contributed by atoms with Crippen molar-refractivity contribution in [3.63, 3.8) is 0 Å². The molecule has 0 spiro atoms. The van der Waals surface area contributed by atoms with Crippen LogP contribution in [0.3, 0.4) is 0 Å². The van der Waals surface area contributed by atoms with Crippen molar-refractivity contribution < 1.29 is 4.48 Å². The molecule has 0 saturated carbocycles. The second-order valence-electron chi connectivity index (χ2n) is 5.98. The van der Waals surface area contributed by atoms with Crippen LogP contribution in [0.1, 0.15) is 78.1 Å². The molecular formula is C17H34N+. The average Bonchev–Trinajstić information content (AvgIpc) is 2.86. The van der Waals surface area contributed by atoms with Crippen molar-refractivity contribution >= 4 is 0 Å². The minimum absolute atomic E-state index is 1.26. The molecule has 0 aliphatic carbocycles. The molecule has 18 heavy (non-hydrogen) atoms. The lowest BCUT2D eigenvalue weighted by Gasteiger charge is -2.30. The Labute approximate surface area is 115 Å². The zero-order valence-corrected chi connectivity index (χ0v) is 12.8. The van der Waals surface area contributed by atoms with E-state index in [1.807, 2.05) is 0 Å². The molecule has 0 aromatic rings. The maximum atomic E-state index is 2.45. The summed E-state index contributed by atoms with van der Waals surface area (Å²) in [5, 5.41) is 0. The molecule has 0 saturated heterocycles. The highest BCUT2D eigenvalue weighted by molar-refractivity contribution is 4.81. The number of hydrogen-bond acceptors (Lipinski definition) is 0. The third-order valence-corrected chi connectivity index (χ3v) is 4.50. The summed E-state index contributed by atoms with van der Waals surface area (Å²) in [6, 6.07) is 0. The van der Waals surface area contributed by atoms with Crippen molar-refractivity contribution in [2.75, 3.05) is 19.6 Å². The van der Waals surface area contributed by atoms with E-state index in [-0.39, 0.29) is 0 Å². The molecule has 1 atom stereocenters. The summed E-state index contributed by atoms with van der Waals surface area (Å²) in [6.45, 7) is 8.65. The minimum atomic E-state index is 1.26. The molecule has 0 aromatic carbocycles. The van der Waals surface area contributed by atoms with Crippen LogP contribution in [0.25, 0.3) is 0 Å². The first-order chi connectivity index (χ1) is 8.83. The molecule has 106 valence electrons.